The van der Waals surface area contributed by atoms with Crippen molar-refractivity contribution in [1.29, 1.82) is 0 Å². The fourth-order valence-electron chi connectivity index (χ4n) is 6.61. The molecule has 0 saturated heterocycles. The third-order valence-electron chi connectivity index (χ3n) is 8.66. The summed E-state index contributed by atoms with van der Waals surface area (Å²) >= 11 is 0. The average Bonchev–Trinajstić information content (AvgIpc) is 3.48. The lowest BCUT2D eigenvalue weighted by Gasteiger charge is -2.42. The normalized spacial score (nSPS) is 12.0. The zero-order chi connectivity index (χ0) is 30.9. The Labute approximate surface area is 271 Å². The molecule has 3 nitrogen and oxygen atoms in total. The fourth-order valence-corrected chi connectivity index (χ4v) is 10.5. The molecule has 0 radical (unpaired) electrons. The molecule has 0 unspecified atom stereocenters. The van der Waals surface area contributed by atoms with Gasteiger partial charge in [0.05, 0.1) is 16.7 Å². The molecule has 0 aliphatic heterocycles. The maximum atomic E-state index is 5.12. The van der Waals surface area contributed by atoms with Gasteiger partial charge in [0, 0.05) is 48.4 Å². The second-order valence-electron chi connectivity index (χ2n) is 11.3. The molecule has 46 heavy (non-hydrogen) atoms. The number of nitrogens with zero attached hydrogens (tertiary/aromatic N) is 3. The van der Waals surface area contributed by atoms with Crippen molar-refractivity contribution < 1.29 is 0 Å². The topological polar surface area (TPSA) is 30.7 Å². The summed E-state index contributed by atoms with van der Waals surface area (Å²) in [6.07, 6.45) is 0.741. The summed E-state index contributed by atoms with van der Waals surface area (Å²) in [4.78, 5) is 15.4. The lowest BCUT2D eigenvalue weighted by Crippen LogP contribution is -2.06. The molecule has 6 aromatic carbocycles. The molecule has 0 spiro atoms. The van der Waals surface area contributed by atoms with Crippen molar-refractivity contribution in [3.8, 4) is 17.1 Å². The molecule has 4 heteroatoms. The summed E-state index contributed by atoms with van der Waals surface area (Å²) in [7, 11) is -1.82. The zero-order valence-electron chi connectivity index (χ0n) is 25.6. The van der Waals surface area contributed by atoms with E-state index in [-0.39, 0.29) is 0 Å². The Balaban J connectivity index is 1.38. The van der Waals surface area contributed by atoms with Gasteiger partial charge in [-0.3, -0.25) is 4.57 Å². The highest BCUT2D eigenvalue weighted by Crippen LogP contribution is 2.73. The molecular formula is C42H33N3S. The van der Waals surface area contributed by atoms with E-state index >= 15 is 0 Å². The Morgan fingerprint density at radius 1 is 0.478 bits per heavy atom. The van der Waals surface area contributed by atoms with E-state index in [0.29, 0.717) is 0 Å². The standard InChI is InChI=1S/C42H33N3S/c1-2-41-43-38(30-42(44-41)45-39-27-14-12-25-36(39)37-26-13-15-28-40(37)45)31-17-16-24-35(29-31)46(32-18-6-3-7-19-32,33-20-8-4-9-21-33)34-22-10-5-11-23-34/h3-30H,2H2,1H3. The summed E-state index contributed by atoms with van der Waals surface area (Å²) < 4.78 is 2.28. The van der Waals surface area contributed by atoms with E-state index in [1.807, 2.05) is 0 Å². The first-order valence-corrected chi connectivity index (χ1v) is 17.4. The van der Waals surface area contributed by atoms with Crippen molar-refractivity contribution in [2.45, 2.75) is 32.9 Å². The monoisotopic (exact) mass is 611 g/mol. The predicted octanol–water partition coefficient (Wildman–Crippen LogP) is 11.1. The Morgan fingerprint density at radius 3 is 1.48 bits per heavy atom. The van der Waals surface area contributed by atoms with Gasteiger partial charge in [-0.25, -0.2) is 9.97 Å². The van der Waals surface area contributed by atoms with E-state index in [9.17, 15) is 0 Å². The maximum absolute atomic E-state index is 5.12. The molecule has 0 amide bonds. The highest BCUT2D eigenvalue weighted by Gasteiger charge is 2.33. The Morgan fingerprint density at radius 2 is 0.957 bits per heavy atom. The van der Waals surface area contributed by atoms with Crippen LogP contribution in [0.3, 0.4) is 0 Å². The molecule has 2 heterocycles. The van der Waals surface area contributed by atoms with Crippen molar-refractivity contribution in [2.24, 2.45) is 0 Å². The SMILES string of the molecule is CCc1nc(-c2cccc(S(c3ccccc3)(c3ccccc3)c3ccccc3)c2)cc(-n2c3ccccc3c3ccccc32)n1. The van der Waals surface area contributed by atoms with Crippen LogP contribution < -0.4 is 0 Å². The summed E-state index contributed by atoms with van der Waals surface area (Å²) in [6, 6.07) is 61.3. The third-order valence-corrected chi connectivity index (χ3v) is 12.6. The molecular weight excluding hydrogens is 579 g/mol. The second kappa shape index (κ2) is 11.8. The number of fused-ring (bicyclic) bond motifs is 3. The number of para-hydroxylation sites is 2. The van der Waals surface area contributed by atoms with Crippen molar-refractivity contribution in [3.05, 3.63) is 176 Å². The van der Waals surface area contributed by atoms with Crippen molar-refractivity contribution in [1.82, 2.24) is 14.5 Å². The molecule has 0 fully saturated rings. The Hall–Kier alpha value is -5.45. The van der Waals surface area contributed by atoms with E-state index in [4.69, 9.17) is 9.97 Å². The molecule has 0 bridgehead atoms. The molecule has 222 valence electrons. The van der Waals surface area contributed by atoms with Crippen molar-refractivity contribution in [3.63, 3.8) is 0 Å². The highest BCUT2D eigenvalue weighted by molar-refractivity contribution is 8.34. The number of benzene rings is 6. The molecule has 0 aliphatic rings. The number of aryl methyl sites for hydroxylation is 1. The molecule has 0 N–H and O–H groups in total. The maximum Gasteiger partial charge on any atom is 0.141 e. The van der Waals surface area contributed by atoms with E-state index in [0.717, 1.165) is 40.4 Å². The van der Waals surface area contributed by atoms with Gasteiger partial charge in [0.25, 0.3) is 0 Å². The van der Waals surface area contributed by atoms with Gasteiger partial charge in [-0.1, -0.05) is 110 Å². The van der Waals surface area contributed by atoms with Crippen LogP contribution >= 0.6 is 10.0 Å². The lowest BCUT2D eigenvalue weighted by atomic mass is 10.1. The molecule has 2 aromatic heterocycles. The first-order valence-electron chi connectivity index (χ1n) is 15.7. The number of hydrogen-bond acceptors (Lipinski definition) is 2. The largest absolute Gasteiger partial charge is 0.294 e. The minimum absolute atomic E-state index is 0.741. The van der Waals surface area contributed by atoms with Crippen LogP contribution in [0, 0.1) is 0 Å². The first kappa shape index (κ1) is 28.1. The molecule has 0 saturated carbocycles. The first-order chi connectivity index (χ1) is 22.8. The zero-order valence-corrected chi connectivity index (χ0v) is 26.4. The number of aromatic nitrogens is 3. The van der Waals surface area contributed by atoms with Gasteiger partial charge in [0.1, 0.15) is 11.6 Å². The quantitative estimate of drug-likeness (QED) is 0.179. The van der Waals surface area contributed by atoms with Gasteiger partial charge >= 0.3 is 0 Å². The minimum atomic E-state index is -1.82. The van der Waals surface area contributed by atoms with Gasteiger partial charge < -0.3 is 0 Å². The van der Waals surface area contributed by atoms with Crippen LogP contribution in [-0.2, 0) is 6.42 Å². The smallest absolute Gasteiger partial charge is 0.141 e. The lowest BCUT2D eigenvalue weighted by molar-refractivity contribution is 0.911. The van der Waals surface area contributed by atoms with Crippen LogP contribution in [0.5, 0.6) is 0 Å². The second-order valence-corrected chi connectivity index (χ2v) is 14.4. The Kier molecular flexibility index (Phi) is 7.20. The molecule has 0 aliphatic carbocycles. The van der Waals surface area contributed by atoms with Crippen LogP contribution in [0.1, 0.15) is 12.7 Å². The van der Waals surface area contributed by atoms with Gasteiger partial charge in [0.15, 0.2) is 0 Å². The van der Waals surface area contributed by atoms with Crippen LogP contribution in [0.25, 0.3) is 38.9 Å². The van der Waals surface area contributed by atoms with Crippen LogP contribution in [0.2, 0.25) is 0 Å². The van der Waals surface area contributed by atoms with Crippen molar-refractivity contribution >= 4 is 31.8 Å². The number of hydrogen-bond donors (Lipinski definition) is 0. The van der Waals surface area contributed by atoms with Gasteiger partial charge in [0.2, 0.25) is 0 Å². The van der Waals surface area contributed by atoms with Crippen LogP contribution in [0.15, 0.2) is 189 Å². The fraction of sp³-hybridized carbons (Fsp3) is 0.0476. The van der Waals surface area contributed by atoms with E-state index in [1.54, 1.807) is 0 Å². The third kappa shape index (κ3) is 4.61. The van der Waals surface area contributed by atoms with E-state index in [1.165, 1.54) is 30.4 Å². The molecule has 8 rings (SSSR count). The summed E-state index contributed by atoms with van der Waals surface area (Å²) in [5, 5.41) is 2.44. The van der Waals surface area contributed by atoms with Gasteiger partial charge in [-0.15, -0.1) is 10.0 Å². The summed E-state index contributed by atoms with van der Waals surface area (Å²) in [5.74, 6) is 1.71. The summed E-state index contributed by atoms with van der Waals surface area (Å²) in [5.41, 5.74) is 4.29. The van der Waals surface area contributed by atoms with E-state index in [2.05, 4.69) is 181 Å². The summed E-state index contributed by atoms with van der Waals surface area (Å²) in [6.45, 7) is 2.13. The number of rotatable bonds is 7. The van der Waals surface area contributed by atoms with Gasteiger partial charge in [-0.05, 0) is 60.7 Å². The minimum Gasteiger partial charge on any atom is -0.294 e. The van der Waals surface area contributed by atoms with Crippen molar-refractivity contribution in [2.75, 3.05) is 0 Å². The van der Waals surface area contributed by atoms with Gasteiger partial charge in [-0.2, -0.15) is 0 Å². The van der Waals surface area contributed by atoms with Crippen LogP contribution in [0.4, 0.5) is 0 Å². The van der Waals surface area contributed by atoms with E-state index < -0.39 is 10.0 Å². The average molecular weight is 612 g/mol. The predicted molar refractivity (Wildman–Crippen MR) is 191 cm³/mol. The highest BCUT2D eigenvalue weighted by atomic mass is 32.3. The Bertz CT molecular complexity index is 2140. The molecule has 0 atom stereocenters. The van der Waals surface area contributed by atoms with Crippen LogP contribution in [-0.4, -0.2) is 14.5 Å². The molecule has 8 aromatic rings.